The molecule has 0 fully saturated rings. The minimum atomic E-state index is -0.165. The third-order valence-electron chi connectivity index (χ3n) is 16.7. The molecule has 0 spiro atoms. The van der Waals surface area contributed by atoms with Crippen LogP contribution in [0.3, 0.4) is 0 Å². The zero-order valence-electron chi connectivity index (χ0n) is 42.1. The Labute approximate surface area is 439 Å². The smallest absolute Gasteiger partial charge is 0.136 e. The summed E-state index contributed by atoms with van der Waals surface area (Å²) in [5.41, 5.74) is 23.5. The van der Waals surface area contributed by atoms with Crippen LogP contribution in [-0.2, 0) is 5.41 Å². The van der Waals surface area contributed by atoms with Crippen LogP contribution < -0.4 is 0 Å². The Morgan fingerprint density at radius 1 is 0.289 bits per heavy atom. The fraction of sp³-hybridized carbons (Fsp3) is 0.0411. The molecule has 16 rings (SSSR count). The number of hydrogen-bond acceptors (Lipinski definition) is 1. The monoisotopic (exact) mass is 968 g/mol. The second kappa shape index (κ2) is 16.1. The molecule has 0 radical (unpaired) electrons. The Balaban J connectivity index is 0.860. The zero-order valence-corrected chi connectivity index (χ0v) is 42.1. The molecule has 0 bridgehead atoms. The summed E-state index contributed by atoms with van der Waals surface area (Å²) in [6.45, 7) is 4.76. The van der Waals surface area contributed by atoms with Crippen LogP contribution in [0.4, 0.5) is 0 Å². The number of rotatable bonds is 6. The highest BCUT2D eigenvalue weighted by Crippen LogP contribution is 2.51. The van der Waals surface area contributed by atoms with Crippen molar-refractivity contribution in [1.29, 1.82) is 0 Å². The zero-order chi connectivity index (χ0) is 50.2. The van der Waals surface area contributed by atoms with E-state index in [4.69, 9.17) is 4.42 Å². The van der Waals surface area contributed by atoms with Crippen molar-refractivity contribution in [1.82, 2.24) is 9.13 Å². The third-order valence-corrected chi connectivity index (χ3v) is 16.7. The lowest BCUT2D eigenvalue weighted by atomic mass is 9.82. The molecule has 3 heterocycles. The van der Waals surface area contributed by atoms with Crippen LogP contribution in [0.5, 0.6) is 0 Å². The van der Waals surface area contributed by atoms with Gasteiger partial charge in [0, 0.05) is 49.1 Å². The highest BCUT2D eigenvalue weighted by molar-refractivity contribution is 6.14. The molecule has 0 saturated heterocycles. The molecule has 356 valence electrons. The molecule has 1 aliphatic rings. The summed E-state index contributed by atoms with van der Waals surface area (Å²) >= 11 is 0. The minimum Gasteiger partial charge on any atom is -0.456 e. The van der Waals surface area contributed by atoms with E-state index >= 15 is 0 Å². The van der Waals surface area contributed by atoms with Crippen LogP contribution in [0.2, 0.25) is 0 Å². The molecule has 0 aliphatic heterocycles. The first-order chi connectivity index (χ1) is 37.4. The predicted octanol–water partition coefficient (Wildman–Crippen LogP) is 19.9. The second-order valence-electron chi connectivity index (χ2n) is 21.3. The number of hydrogen-bond donors (Lipinski definition) is 0. The van der Waals surface area contributed by atoms with Gasteiger partial charge in [0.1, 0.15) is 11.2 Å². The Bertz CT molecular complexity index is 4850. The van der Waals surface area contributed by atoms with E-state index in [2.05, 4.69) is 272 Å². The molecule has 1 aliphatic carbocycles. The molecule has 3 heteroatoms. The summed E-state index contributed by atoms with van der Waals surface area (Å²) in [5.74, 6) is 0. The van der Waals surface area contributed by atoms with Crippen LogP contribution in [-0.4, -0.2) is 9.13 Å². The van der Waals surface area contributed by atoms with Gasteiger partial charge in [-0.05, 0) is 169 Å². The van der Waals surface area contributed by atoms with E-state index in [0.717, 1.165) is 38.9 Å². The van der Waals surface area contributed by atoms with E-state index in [1.54, 1.807) is 0 Å². The van der Waals surface area contributed by atoms with Crippen LogP contribution in [0.15, 0.2) is 259 Å². The standard InChI is InChI=1S/C73H48N2O/c1-73(2)64-35-32-47(49-31-34-60-59-19-8-10-22-66(59)74(69(60)44-49)54-15-4-3-5-16-54)42-62(64)63-43-48(33-36-65(63)73)53-39-52(40-55(41-53)75-67-23-11-6-17-57(67)58-18-7-12-24-68(58)75)46-29-27-45-28-30-50(38-51(45)37-46)56-21-14-26-71-72(56)61-20-9-13-25-70(61)76-71/h3-44H,1-2H3. The average Bonchev–Trinajstić information content (AvgIpc) is 4.26. The van der Waals surface area contributed by atoms with Gasteiger partial charge in [-0.3, -0.25) is 0 Å². The number of fused-ring (bicyclic) bond motifs is 13. The lowest BCUT2D eigenvalue weighted by Gasteiger charge is -2.22. The molecule has 15 aromatic rings. The van der Waals surface area contributed by atoms with Gasteiger partial charge in [-0.25, -0.2) is 0 Å². The quantitative estimate of drug-likeness (QED) is 0.163. The number of benzene rings is 12. The van der Waals surface area contributed by atoms with Crippen LogP contribution in [0, 0.1) is 0 Å². The summed E-state index contributed by atoms with van der Waals surface area (Å²) < 4.78 is 11.2. The van der Waals surface area contributed by atoms with E-state index in [-0.39, 0.29) is 5.41 Å². The minimum absolute atomic E-state index is 0.165. The second-order valence-corrected chi connectivity index (χ2v) is 21.3. The highest BCUT2D eigenvalue weighted by Gasteiger charge is 2.36. The van der Waals surface area contributed by atoms with Crippen molar-refractivity contribution in [3.05, 3.63) is 266 Å². The van der Waals surface area contributed by atoms with Crippen molar-refractivity contribution in [2.75, 3.05) is 0 Å². The molecule has 0 unspecified atom stereocenters. The van der Waals surface area contributed by atoms with E-state index in [1.165, 1.54) is 116 Å². The van der Waals surface area contributed by atoms with Gasteiger partial charge < -0.3 is 13.6 Å². The summed E-state index contributed by atoms with van der Waals surface area (Å²) in [6.07, 6.45) is 0. The van der Waals surface area contributed by atoms with Gasteiger partial charge in [0.15, 0.2) is 0 Å². The number of aromatic nitrogens is 2. The normalized spacial score (nSPS) is 13.0. The molecule has 0 saturated carbocycles. The average molecular weight is 969 g/mol. The lowest BCUT2D eigenvalue weighted by molar-refractivity contribution is 0.660. The predicted molar refractivity (Wildman–Crippen MR) is 319 cm³/mol. The molecule has 3 nitrogen and oxygen atoms in total. The van der Waals surface area contributed by atoms with Gasteiger partial charge in [0.05, 0.1) is 22.1 Å². The van der Waals surface area contributed by atoms with Gasteiger partial charge >= 0.3 is 0 Å². The van der Waals surface area contributed by atoms with Crippen molar-refractivity contribution >= 4 is 76.3 Å². The van der Waals surface area contributed by atoms with Gasteiger partial charge in [0.25, 0.3) is 0 Å². The Kier molecular flexibility index (Phi) is 9.09. The maximum Gasteiger partial charge on any atom is 0.136 e. The van der Waals surface area contributed by atoms with Crippen LogP contribution in [0.25, 0.3) is 143 Å². The van der Waals surface area contributed by atoms with Gasteiger partial charge in [-0.2, -0.15) is 0 Å². The molecule has 0 N–H and O–H groups in total. The fourth-order valence-electron chi connectivity index (χ4n) is 13.0. The van der Waals surface area contributed by atoms with Gasteiger partial charge in [0.2, 0.25) is 0 Å². The lowest BCUT2D eigenvalue weighted by Crippen LogP contribution is -2.14. The van der Waals surface area contributed by atoms with E-state index in [0.29, 0.717) is 0 Å². The van der Waals surface area contributed by atoms with Crippen molar-refractivity contribution in [2.24, 2.45) is 0 Å². The first-order valence-corrected chi connectivity index (χ1v) is 26.4. The molecule has 76 heavy (non-hydrogen) atoms. The summed E-state index contributed by atoms with van der Waals surface area (Å²) in [6, 6.07) is 94.3. The SMILES string of the molecule is CC1(C)c2ccc(-c3cc(-c4ccc5ccc(-c6cccc7oc8ccccc8c67)cc5c4)cc(-n4c5ccccc5c5ccccc54)c3)cc2-c2cc(-c3ccc4c5ccccc5n(-c5ccccc5)c4c3)ccc21. The summed E-state index contributed by atoms with van der Waals surface area (Å²) in [7, 11) is 0. The van der Waals surface area contributed by atoms with Crippen molar-refractivity contribution < 1.29 is 4.42 Å². The van der Waals surface area contributed by atoms with E-state index < -0.39 is 0 Å². The first-order valence-electron chi connectivity index (χ1n) is 26.4. The Hall–Kier alpha value is -9.70. The molecule has 3 aromatic heterocycles. The van der Waals surface area contributed by atoms with Crippen molar-refractivity contribution in [3.63, 3.8) is 0 Å². The molecular weight excluding hydrogens is 921 g/mol. The first kappa shape index (κ1) is 42.8. The Morgan fingerprint density at radius 3 is 1.45 bits per heavy atom. The summed E-state index contributed by atoms with van der Waals surface area (Å²) in [5, 5.41) is 9.69. The van der Waals surface area contributed by atoms with E-state index in [1.807, 2.05) is 6.07 Å². The van der Waals surface area contributed by atoms with E-state index in [9.17, 15) is 0 Å². The van der Waals surface area contributed by atoms with Crippen molar-refractivity contribution in [2.45, 2.75) is 19.3 Å². The van der Waals surface area contributed by atoms with Gasteiger partial charge in [-0.15, -0.1) is 0 Å². The molecule has 12 aromatic carbocycles. The van der Waals surface area contributed by atoms with Crippen LogP contribution >= 0.6 is 0 Å². The maximum absolute atomic E-state index is 6.33. The topological polar surface area (TPSA) is 23.0 Å². The number of furan rings is 1. The molecule has 0 amide bonds. The highest BCUT2D eigenvalue weighted by atomic mass is 16.3. The van der Waals surface area contributed by atoms with Crippen LogP contribution in [0.1, 0.15) is 25.0 Å². The third kappa shape index (κ3) is 6.36. The Morgan fingerprint density at radius 2 is 0.776 bits per heavy atom. The van der Waals surface area contributed by atoms with Crippen molar-refractivity contribution in [3.8, 4) is 67.0 Å². The number of nitrogens with zero attached hydrogens (tertiary/aromatic N) is 2. The largest absolute Gasteiger partial charge is 0.456 e. The molecular formula is C73H48N2O. The molecule has 0 atom stereocenters. The van der Waals surface area contributed by atoms with Gasteiger partial charge in [-0.1, -0.05) is 178 Å². The fourth-order valence-corrected chi connectivity index (χ4v) is 13.0. The summed E-state index contributed by atoms with van der Waals surface area (Å²) in [4.78, 5) is 0. The number of para-hydroxylation sites is 5. The maximum atomic E-state index is 6.33.